The van der Waals surface area contributed by atoms with Gasteiger partial charge in [0.1, 0.15) is 5.57 Å². The van der Waals surface area contributed by atoms with E-state index in [0.717, 1.165) is 21.6 Å². The molecule has 40 heavy (non-hydrogen) atoms. The first-order valence-electron chi connectivity index (χ1n) is 12.5. The number of halogens is 1. The molecular weight excluding hydrogens is 578 g/mol. The van der Waals surface area contributed by atoms with Gasteiger partial charge in [0.15, 0.2) is 18.1 Å². The van der Waals surface area contributed by atoms with E-state index in [0.29, 0.717) is 33.8 Å². The van der Waals surface area contributed by atoms with Crippen molar-refractivity contribution < 1.29 is 28.7 Å². The van der Waals surface area contributed by atoms with E-state index >= 15 is 0 Å². The zero-order valence-electron chi connectivity index (χ0n) is 22.5. The summed E-state index contributed by atoms with van der Waals surface area (Å²) >= 11 is 3.45. The molecule has 1 aliphatic rings. The molecule has 0 saturated carbocycles. The molecule has 2 N–H and O–H groups in total. The zero-order chi connectivity index (χ0) is 29.0. The van der Waals surface area contributed by atoms with Crippen LogP contribution in [-0.2, 0) is 14.4 Å². The molecule has 1 heterocycles. The molecule has 9 nitrogen and oxygen atoms in total. The minimum atomic E-state index is -0.820. The van der Waals surface area contributed by atoms with E-state index in [2.05, 4.69) is 26.6 Å². The van der Waals surface area contributed by atoms with Crippen molar-refractivity contribution in [3.63, 3.8) is 0 Å². The number of carbonyl (C=O) groups is 4. The average molecular weight is 606 g/mol. The number of benzene rings is 3. The Labute approximate surface area is 240 Å². The molecular formula is C30H28BrN3O6. The van der Waals surface area contributed by atoms with E-state index in [4.69, 9.17) is 9.47 Å². The van der Waals surface area contributed by atoms with Crippen molar-refractivity contribution in [2.75, 3.05) is 23.4 Å². The van der Waals surface area contributed by atoms with Gasteiger partial charge in [-0.1, -0.05) is 18.2 Å². The van der Waals surface area contributed by atoms with E-state index in [1.165, 1.54) is 6.08 Å². The van der Waals surface area contributed by atoms with E-state index in [9.17, 15) is 19.2 Å². The summed E-state index contributed by atoms with van der Waals surface area (Å²) in [5, 5.41) is 5.01. The summed E-state index contributed by atoms with van der Waals surface area (Å²) in [6, 6.07) is 15.0. The van der Waals surface area contributed by atoms with Crippen LogP contribution in [0.1, 0.15) is 29.2 Å². The summed E-state index contributed by atoms with van der Waals surface area (Å²) in [5.74, 6) is -1.32. The van der Waals surface area contributed by atoms with Gasteiger partial charge in [-0.2, -0.15) is 0 Å². The second-order valence-electron chi connectivity index (χ2n) is 9.20. The van der Waals surface area contributed by atoms with Crippen LogP contribution in [0.4, 0.5) is 16.2 Å². The van der Waals surface area contributed by atoms with E-state index in [-0.39, 0.29) is 23.8 Å². The molecule has 10 heteroatoms. The smallest absolute Gasteiger partial charge is 0.335 e. The number of anilines is 2. The number of nitrogens with zero attached hydrogens (tertiary/aromatic N) is 1. The number of amides is 5. The fourth-order valence-corrected chi connectivity index (χ4v) is 4.63. The largest absolute Gasteiger partial charge is 0.490 e. The van der Waals surface area contributed by atoms with Crippen molar-refractivity contribution in [3.8, 4) is 11.5 Å². The first-order valence-corrected chi connectivity index (χ1v) is 13.3. The summed E-state index contributed by atoms with van der Waals surface area (Å²) in [6.45, 7) is 7.53. The van der Waals surface area contributed by atoms with Crippen LogP contribution in [0, 0.1) is 20.8 Å². The van der Waals surface area contributed by atoms with Gasteiger partial charge in [-0.05, 0) is 108 Å². The van der Waals surface area contributed by atoms with Crippen molar-refractivity contribution in [2.24, 2.45) is 0 Å². The van der Waals surface area contributed by atoms with Gasteiger partial charge in [0, 0.05) is 5.69 Å². The topological polar surface area (TPSA) is 114 Å². The SMILES string of the molecule is CCOc1cc(/C=C2\C(=O)NC(=O)N(c3ccc(C)c(C)c3)C2=O)cc(Br)c1OCC(=O)Nc1cccc(C)c1. The Kier molecular flexibility index (Phi) is 8.69. The predicted molar refractivity (Wildman–Crippen MR) is 156 cm³/mol. The first-order chi connectivity index (χ1) is 19.1. The molecule has 0 atom stereocenters. The van der Waals surface area contributed by atoms with Crippen LogP contribution in [0.25, 0.3) is 6.08 Å². The number of barbiturate groups is 1. The lowest BCUT2D eigenvalue weighted by Gasteiger charge is -2.27. The minimum Gasteiger partial charge on any atom is -0.490 e. The maximum absolute atomic E-state index is 13.3. The fourth-order valence-electron chi connectivity index (χ4n) is 4.06. The van der Waals surface area contributed by atoms with Crippen molar-refractivity contribution >= 4 is 57.1 Å². The van der Waals surface area contributed by atoms with Crippen molar-refractivity contribution in [3.05, 3.63) is 86.9 Å². The lowest BCUT2D eigenvalue weighted by molar-refractivity contribution is -0.122. The van der Waals surface area contributed by atoms with Crippen LogP contribution in [0.3, 0.4) is 0 Å². The number of nitrogens with one attached hydrogen (secondary N) is 2. The molecule has 1 fully saturated rings. The molecule has 3 aromatic carbocycles. The van der Waals surface area contributed by atoms with Gasteiger partial charge in [-0.3, -0.25) is 19.7 Å². The van der Waals surface area contributed by atoms with Crippen LogP contribution in [-0.4, -0.2) is 37.0 Å². The molecule has 206 valence electrons. The maximum Gasteiger partial charge on any atom is 0.335 e. The highest BCUT2D eigenvalue weighted by molar-refractivity contribution is 9.10. The van der Waals surface area contributed by atoms with Crippen LogP contribution in [0.2, 0.25) is 0 Å². The summed E-state index contributed by atoms with van der Waals surface area (Å²) in [7, 11) is 0. The minimum absolute atomic E-state index is 0.224. The maximum atomic E-state index is 13.3. The summed E-state index contributed by atoms with van der Waals surface area (Å²) in [6.07, 6.45) is 1.37. The van der Waals surface area contributed by atoms with Crippen LogP contribution in [0.5, 0.6) is 11.5 Å². The third kappa shape index (κ3) is 6.40. The van der Waals surface area contributed by atoms with E-state index < -0.39 is 17.8 Å². The number of hydrogen-bond acceptors (Lipinski definition) is 6. The van der Waals surface area contributed by atoms with Gasteiger partial charge < -0.3 is 14.8 Å². The molecule has 0 spiro atoms. The molecule has 0 bridgehead atoms. The highest BCUT2D eigenvalue weighted by atomic mass is 79.9. The number of carbonyl (C=O) groups excluding carboxylic acids is 4. The van der Waals surface area contributed by atoms with Crippen LogP contribution >= 0.6 is 15.9 Å². The third-order valence-electron chi connectivity index (χ3n) is 6.14. The predicted octanol–water partition coefficient (Wildman–Crippen LogP) is 5.46. The molecule has 0 unspecified atom stereocenters. The monoisotopic (exact) mass is 605 g/mol. The first kappa shape index (κ1) is 28.6. The number of aryl methyl sites for hydroxylation is 3. The molecule has 0 aliphatic carbocycles. The molecule has 0 aromatic heterocycles. The van der Waals surface area contributed by atoms with Gasteiger partial charge in [0.2, 0.25) is 0 Å². The van der Waals surface area contributed by atoms with Crippen molar-refractivity contribution in [2.45, 2.75) is 27.7 Å². The van der Waals surface area contributed by atoms with Gasteiger partial charge in [0.05, 0.1) is 16.8 Å². The second-order valence-corrected chi connectivity index (χ2v) is 10.1. The number of imide groups is 2. The molecule has 1 aliphatic heterocycles. The van der Waals surface area contributed by atoms with E-state index in [1.807, 2.05) is 39.0 Å². The van der Waals surface area contributed by atoms with Gasteiger partial charge in [0.25, 0.3) is 17.7 Å². The Morgan fingerprint density at radius 2 is 1.77 bits per heavy atom. The average Bonchev–Trinajstić information content (AvgIpc) is 2.88. The van der Waals surface area contributed by atoms with Crippen LogP contribution < -0.4 is 25.0 Å². The van der Waals surface area contributed by atoms with Gasteiger partial charge in [-0.15, -0.1) is 0 Å². The summed E-state index contributed by atoms with van der Waals surface area (Å²) in [4.78, 5) is 52.0. The Morgan fingerprint density at radius 3 is 2.48 bits per heavy atom. The normalized spacial score (nSPS) is 14.3. The standard InChI is InChI=1S/C30H28BrN3O6/c1-5-39-25-15-20(14-24(31)27(25)40-16-26(35)32-21-8-6-7-17(2)11-21)13-23-28(36)33-30(38)34(29(23)37)22-10-9-18(3)19(4)12-22/h6-15H,5,16H2,1-4H3,(H,32,35)(H,33,36,38)/b23-13+. The summed E-state index contributed by atoms with van der Waals surface area (Å²) < 4.78 is 12.0. The number of rotatable bonds is 8. The molecule has 0 radical (unpaired) electrons. The van der Waals surface area contributed by atoms with Gasteiger partial charge >= 0.3 is 6.03 Å². The van der Waals surface area contributed by atoms with Crippen molar-refractivity contribution in [1.82, 2.24) is 5.32 Å². The Morgan fingerprint density at radius 1 is 1.00 bits per heavy atom. The van der Waals surface area contributed by atoms with Gasteiger partial charge in [-0.25, -0.2) is 9.69 Å². The lowest BCUT2D eigenvalue weighted by Crippen LogP contribution is -2.54. The highest BCUT2D eigenvalue weighted by Gasteiger charge is 2.37. The number of ether oxygens (including phenoxy) is 2. The highest BCUT2D eigenvalue weighted by Crippen LogP contribution is 2.38. The third-order valence-corrected chi connectivity index (χ3v) is 6.73. The lowest BCUT2D eigenvalue weighted by atomic mass is 10.0. The Bertz CT molecular complexity index is 1550. The molecule has 1 saturated heterocycles. The summed E-state index contributed by atoms with van der Waals surface area (Å²) in [5.41, 5.74) is 4.14. The number of hydrogen-bond donors (Lipinski definition) is 2. The molecule has 3 aromatic rings. The molecule has 4 rings (SSSR count). The van der Waals surface area contributed by atoms with Crippen molar-refractivity contribution in [1.29, 1.82) is 0 Å². The van der Waals surface area contributed by atoms with Crippen LogP contribution in [0.15, 0.2) is 64.6 Å². The Balaban J connectivity index is 1.59. The second kappa shape index (κ2) is 12.2. The van der Waals surface area contributed by atoms with E-state index in [1.54, 1.807) is 43.3 Å². The fraction of sp³-hybridized carbons (Fsp3) is 0.200. The quantitative estimate of drug-likeness (QED) is 0.260. The molecule has 5 amide bonds. The zero-order valence-corrected chi connectivity index (χ0v) is 24.0. The number of urea groups is 1. The Hall–Kier alpha value is -4.44.